The summed E-state index contributed by atoms with van der Waals surface area (Å²) in [6.07, 6.45) is 0. The molecule has 0 saturated carbocycles. The van der Waals surface area contributed by atoms with Crippen molar-refractivity contribution in [3.8, 4) is 11.1 Å². The Morgan fingerprint density at radius 1 is 1.00 bits per heavy atom. The molecule has 1 amide bonds. The minimum absolute atomic E-state index is 0.00267. The molecule has 23 heavy (non-hydrogen) atoms. The average molecular weight is 311 g/mol. The summed E-state index contributed by atoms with van der Waals surface area (Å²) in [7, 11) is 0. The molecule has 0 aromatic heterocycles. The van der Waals surface area contributed by atoms with Crippen molar-refractivity contribution in [1.29, 1.82) is 0 Å². The lowest BCUT2D eigenvalue weighted by atomic mass is 9.99. The number of benzene rings is 2. The quantitative estimate of drug-likeness (QED) is 0.865. The maximum absolute atomic E-state index is 12.5. The molecule has 120 valence electrons. The van der Waals surface area contributed by atoms with Crippen LogP contribution in [0.2, 0.25) is 0 Å². The molecule has 4 heteroatoms. The summed E-state index contributed by atoms with van der Waals surface area (Å²) in [4.78, 5) is 14.0. The van der Waals surface area contributed by atoms with Gasteiger partial charge in [0.15, 0.2) is 0 Å². The second-order valence-electron chi connectivity index (χ2n) is 5.78. The smallest absolute Gasteiger partial charge is 0.252 e. The van der Waals surface area contributed by atoms with Crippen molar-refractivity contribution in [1.82, 2.24) is 5.32 Å². The van der Waals surface area contributed by atoms with Gasteiger partial charge in [-0.05, 0) is 17.2 Å². The SMILES string of the molecule is O=C(NCC[NH+]1CCOCC1)c1ccccc1-c1ccccc1. The van der Waals surface area contributed by atoms with E-state index in [2.05, 4.69) is 5.32 Å². The molecule has 3 rings (SSSR count). The summed E-state index contributed by atoms with van der Waals surface area (Å²) < 4.78 is 5.35. The van der Waals surface area contributed by atoms with E-state index in [0.29, 0.717) is 6.54 Å². The first-order valence-electron chi connectivity index (χ1n) is 8.18. The molecule has 1 aliphatic rings. The molecule has 2 aromatic carbocycles. The predicted octanol–water partition coefficient (Wildman–Crippen LogP) is 0.999. The summed E-state index contributed by atoms with van der Waals surface area (Å²) in [5.41, 5.74) is 2.78. The minimum atomic E-state index is -0.00267. The van der Waals surface area contributed by atoms with Crippen molar-refractivity contribution < 1.29 is 14.4 Å². The molecule has 1 saturated heterocycles. The van der Waals surface area contributed by atoms with Gasteiger partial charge in [0.25, 0.3) is 5.91 Å². The lowest BCUT2D eigenvalue weighted by molar-refractivity contribution is -0.906. The molecule has 2 N–H and O–H groups in total. The van der Waals surface area contributed by atoms with Gasteiger partial charge in [-0.15, -0.1) is 0 Å². The molecule has 4 nitrogen and oxygen atoms in total. The Kier molecular flexibility index (Phi) is 5.40. The highest BCUT2D eigenvalue weighted by Crippen LogP contribution is 2.23. The molecule has 0 spiro atoms. The Labute approximate surface area is 137 Å². The van der Waals surface area contributed by atoms with E-state index in [-0.39, 0.29) is 5.91 Å². The maximum atomic E-state index is 12.5. The summed E-state index contributed by atoms with van der Waals surface area (Å²) in [6, 6.07) is 17.8. The molecule has 1 aliphatic heterocycles. The summed E-state index contributed by atoms with van der Waals surface area (Å²) in [5, 5.41) is 3.06. The first-order chi connectivity index (χ1) is 11.3. The molecule has 0 radical (unpaired) electrons. The second-order valence-corrected chi connectivity index (χ2v) is 5.78. The van der Waals surface area contributed by atoms with E-state index < -0.39 is 0 Å². The Morgan fingerprint density at radius 2 is 1.70 bits per heavy atom. The molecular formula is C19H23N2O2+. The topological polar surface area (TPSA) is 42.8 Å². The van der Waals surface area contributed by atoms with E-state index in [1.807, 2.05) is 54.6 Å². The lowest BCUT2D eigenvalue weighted by Crippen LogP contribution is -3.14. The number of morpholine rings is 1. The lowest BCUT2D eigenvalue weighted by Gasteiger charge is -2.23. The van der Waals surface area contributed by atoms with Gasteiger partial charge < -0.3 is 15.0 Å². The van der Waals surface area contributed by atoms with Crippen LogP contribution in [0.25, 0.3) is 11.1 Å². The van der Waals surface area contributed by atoms with Crippen molar-refractivity contribution in [3.05, 3.63) is 60.2 Å². The summed E-state index contributed by atoms with van der Waals surface area (Å²) in [6.45, 7) is 5.33. The van der Waals surface area contributed by atoms with Gasteiger partial charge in [0.05, 0.1) is 26.3 Å². The number of carbonyl (C=O) groups is 1. The van der Waals surface area contributed by atoms with E-state index >= 15 is 0 Å². The van der Waals surface area contributed by atoms with Crippen LogP contribution in [-0.2, 0) is 4.74 Å². The molecule has 2 aromatic rings. The van der Waals surface area contributed by atoms with Crippen LogP contribution in [-0.4, -0.2) is 45.3 Å². The third kappa shape index (κ3) is 4.18. The largest absolute Gasteiger partial charge is 0.370 e. The average Bonchev–Trinajstić information content (AvgIpc) is 2.63. The van der Waals surface area contributed by atoms with Crippen LogP contribution < -0.4 is 10.2 Å². The van der Waals surface area contributed by atoms with Crippen LogP contribution in [0.3, 0.4) is 0 Å². The molecule has 0 unspecified atom stereocenters. The van der Waals surface area contributed by atoms with Crippen molar-refractivity contribution >= 4 is 5.91 Å². The number of quaternary nitrogens is 1. The van der Waals surface area contributed by atoms with Gasteiger partial charge in [-0.2, -0.15) is 0 Å². The van der Waals surface area contributed by atoms with E-state index in [1.165, 1.54) is 4.90 Å². The number of hydrogen-bond donors (Lipinski definition) is 2. The van der Waals surface area contributed by atoms with Gasteiger partial charge >= 0.3 is 0 Å². The van der Waals surface area contributed by atoms with Crippen molar-refractivity contribution in [3.63, 3.8) is 0 Å². The fraction of sp³-hybridized carbons (Fsp3) is 0.316. The van der Waals surface area contributed by atoms with Crippen LogP contribution >= 0.6 is 0 Å². The van der Waals surface area contributed by atoms with Crippen LogP contribution in [0.1, 0.15) is 10.4 Å². The van der Waals surface area contributed by atoms with E-state index in [9.17, 15) is 4.79 Å². The number of nitrogens with one attached hydrogen (secondary N) is 2. The molecule has 1 fully saturated rings. The number of rotatable bonds is 5. The third-order valence-corrected chi connectivity index (χ3v) is 4.22. The molecule has 0 bridgehead atoms. The zero-order valence-corrected chi connectivity index (χ0v) is 13.3. The highest BCUT2D eigenvalue weighted by molar-refractivity contribution is 6.00. The molecule has 1 heterocycles. The Balaban J connectivity index is 1.63. The number of amides is 1. The third-order valence-electron chi connectivity index (χ3n) is 4.22. The molecule has 0 aliphatic carbocycles. The monoisotopic (exact) mass is 311 g/mol. The first kappa shape index (κ1) is 15.7. The second kappa shape index (κ2) is 7.90. The normalized spacial score (nSPS) is 15.3. The summed E-state index contributed by atoms with van der Waals surface area (Å²) >= 11 is 0. The Morgan fingerprint density at radius 3 is 2.48 bits per heavy atom. The Hall–Kier alpha value is -2.17. The highest BCUT2D eigenvalue weighted by Gasteiger charge is 2.15. The van der Waals surface area contributed by atoms with Crippen LogP contribution in [0, 0.1) is 0 Å². The zero-order valence-electron chi connectivity index (χ0n) is 13.3. The van der Waals surface area contributed by atoms with Crippen LogP contribution in [0.4, 0.5) is 0 Å². The highest BCUT2D eigenvalue weighted by atomic mass is 16.5. The number of hydrogen-bond acceptors (Lipinski definition) is 2. The van der Waals surface area contributed by atoms with Gasteiger partial charge in [0.2, 0.25) is 0 Å². The zero-order chi connectivity index (χ0) is 15.9. The summed E-state index contributed by atoms with van der Waals surface area (Å²) in [5.74, 6) is -0.00267. The van der Waals surface area contributed by atoms with Gasteiger partial charge in [-0.1, -0.05) is 48.5 Å². The molecular weight excluding hydrogens is 288 g/mol. The fourth-order valence-electron chi connectivity index (χ4n) is 2.91. The van der Waals surface area contributed by atoms with Gasteiger partial charge in [-0.25, -0.2) is 0 Å². The van der Waals surface area contributed by atoms with Gasteiger partial charge in [0, 0.05) is 5.56 Å². The van der Waals surface area contributed by atoms with Crippen molar-refractivity contribution in [2.24, 2.45) is 0 Å². The predicted molar refractivity (Wildman–Crippen MR) is 90.6 cm³/mol. The van der Waals surface area contributed by atoms with E-state index in [4.69, 9.17) is 4.74 Å². The minimum Gasteiger partial charge on any atom is -0.370 e. The first-order valence-corrected chi connectivity index (χ1v) is 8.18. The van der Waals surface area contributed by atoms with E-state index in [0.717, 1.165) is 49.5 Å². The fourth-order valence-corrected chi connectivity index (χ4v) is 2.91. The van der Waals surface area contributed by atoms with Crippen LogP contribution in [0.15, 0.2) is 54.6 Å². The standard InChI is InChI=1S/C19H22N2O2/c22-19(20-10-11-21-12-14-23-15-13-21)18-9-5-4-8-17(18)16-6-2-1-3-7-16/h1-9H,10-15H2,(H,20,22)/p+1. The number of carbonyl (C=O) groups excluding carboxylic acids is 1. The van der Waals surface area contributed by atoms with Crippen LogP contribution in [0.5, 0.6) is 0 Å². The van der Waals surface area contributed by atoms with Gasteiger partial charge in [0.1, 0.15) is 13.1 Å². The van der Waals surface area contributed by atoms with E-state index in [1.54, 1.807) is 0 Å². The molecule has 0 atom stereocenters. The van der Waals surface area contributed by atoms with Gasteiger partial charge in [-0.3, -0.25) is 4.79 Å². The number of ether oxygens (including phenoxy) is 1. The van der Waals surface area contributed by atoms with Crippen molar-refractivity contribution in [2.45, 2.75) is 0 Å². The maximum Gasteiger partial charge on any atom is 0.252 e. The Bertz CT molecular complexity index is 637. The van der Waals surface area contributed by atoms with Crippen molar-refractivity contribution in [2.75, 3.05) is 39.4 Å².